The van der Waals surface area contributed by atoms with Gasteiger partial charge in [-0.1, -0.05) is 20.8 Å². The molecular weight excluding hydrogens is 218 g/mol. The van der Waals surface area contributed by atoms with Crippen molar-refractivity contribution >= 4 is 11.9 Å². The second kappa shape index (κ2) is 5.52. The van der Waals surface area contributed by atoms with Crippen molar-refractivity contribution in [2.45, 2.75) is 66.5 Å². The molecule has 4 nitrogen and oxygen atoms in total. The summed E-state index contributed by atoms with van der Waals surface area (Å²) in [6.45, 7) is 13.2. The number of carbonyl (C=O) groups is 2. The van der Waals surface area contributed by atoms with E-state index in [0.717, 1.165) is 6.42 Å². The van der Waals surface area contributed by atoms with Crippen LogP contribution in [0.5, 0.6) is 0 Å². The Balaban J connectivity index is 4.41. The van der Waals surface area contributed by atoms with E-state index in [9.17, 15) is 9.59 Å². The van der Waals surface area contributed by atoms with E-state index in [1.165, 1.54) is 6.92 Å². The van der Waals surface area contributed by atoms with Crippen molar-refractivity contribution in [1.29, 1.82) is 0 Å². The van der Waals surface area contributed by atoms with E-state index in [1.54, 1.807) is 6.92 Å². The smallest absolute Gasteiger partial charge is 0.303 e. The summed E-state index contributed by atoms with van der Waals surface area (Å²) in [4.78, 5) is 22.5. The number of rotatable bonds is 4. The predicted molar refractivity (Wildman–Crippen MR) is 67.5 cm³/mol. The molecule has 0 aliphatic carbocycles. The van der Waals surface area contributed by atoms with Gasteiger partial charge in [0.2, 0.25) is 0 Å². The topological polar surface area (TPSA) is 55.4 Å². The molecule has 0 spiro atoms. The summed E-state index contributed by atoms with van der Waals surface area (Å²) in [5.74, 6) is -0.698. The van der Waals surface area contributed by atoms with E-state index < -0.39 is 12.1 Å². The summed E-state index contributed by atoms with van der Waals surface area (Å²) in [7, 11) is 0. The van der Waals surface area contributed by atoms with E-state index in [-0.39, 0.29) is 16.9 Å². The molecule has 0 saturated heterocycles. The van der Waals surface area contributed by atoms with Crippen LogP contribution in [-0.2, 0) is 14.3 Å². The predicted octanol–water partition coefficient (Wildman–Crippen LogP) is 2.27. The molecule has 100 valence electrons. The van der Waals surface area contributed by atoms with Gasteiger partial charge in [-0.3, -0.25) is 9.59 Å². The minimum Gasteiger partial charge on any atom is -0.453 e. The van der Waals surface area contributed by atoms with E-state index >= 15 is 0 Å². The maximum atomic E-state index is 11.8. The van der Waals surface area contributed by atoms with E-state index in [0.29, 0.717) is 0 Å². The van der Waals surface area contributed by atoms with Crippen molar-refractivity contribution in [1.82, 2.24) is 5.32 Å². The highest BCUT2D eigenvalue weighted by Crippen LogP contribution is 2.26. The number of ether oxygens (including phenoxy) is 1. The van der Waals surface area contributed by atoms with Crippen LogP contribution in [0.1, 0.15) is 54.9 Å². The quantitative estimate of drug-likeness (QED) is 0.771. The third-order valence-electron chi connectivity index (χ3n) is 2.15. The Labute approximate surface area is 104 Å². The molecule has 1 atom stereocenters. The number of hydrogen-bond acceptors (Lipinski definition) is 3. The lowest BCUT2D eigenvalue weighted by Gasteiger charge is -2.34. The Kier molecular flexibility index (Phi) is 5.17. The number of esters is 1. The van der Waals surface area contributed by atoms with Gasteiger partial charge in [-0.05, 0) is 32.6 Å². The summed E-state index contributed by atoms with van der Waals surface area (Å²) < 4.78 is 4.84. The maximum Gasteiger partial charge on any atom is 0.303 e. The van der Waals surface area contributed by atoms with Crippen molar-refractivity contribution in [2.75, 3.05) is 0 Å². The van der Waals surface area contributed by atoms with Gasteiger partial charge in [0.1, 0.15) is 0 Å². The molecule has 0 aromatic carbocycles. The van der Waals surface area contributed by atoms with Crippen molar-refractivity contribution in [2.24, 2.45) is 5.41 Å². The molecule has 0 aliphatic rings. The molecule has 0 bridgehead atoms. The second-order valence-electron chi connectivity index (χ2n) is 6.36. The number of nitrogens with one attached hydrogen (secondary N) is 1. The van der Waals surface area contributed by atoms with Crippen LogP contribution in [0, 0.1) is 5.41 Å². The normalized spacial score (nSPS) is 14.1. The zero-order valence-electron chi connectivity index (χ0n) is 12.0. The number of amides is 1. The highest BCUT2D eigenvalue weighted by molar-refractivity contribution is 5.83. The van der Waals surface area contributed by atoms with Crippen molar-refractivity contribution in [3.8, 4) is 0 Å². The summed E-state index contributed by atoms with van der Waals surface area (Å²) in [6, 6.07) is 0. The number of carbonyl (C=O) groups excluding carboxylic acids is 2. The minimum absolute atomic E-state index is 0.126. The van der Waals surface area contributed by atoms with Crippen molar-refractivity contribution < 1.29 is 14.3 Å². The van der Waals surface area contributed by atoms with Gasteiger partial charge in [0.05, 0.1) is 0 Å². The molecule has 0 heterocycles. The van der Waals surface area contributed by atoms with Crippen molar-refractivity contribution in [3.63, 3.8) is 0 Å². The van der Waals surface area contributed by atoms with Crippen LogP contribution in [0.3, 0.4) is 0 Å². The average molecular weight is 243 g/mol. The number of hydrogen-bond donors (Lipinski definition) is 1. The first-order valence-corrected chi connectivity index (χ1v) is 5.92. The van der Waals surface area contributed by atoms with Gasteiger partial charge in [-0.15, -0.1) is 0 Å². The summed E-state index contributed by atoms with van der Waals surface area (Å²) in [5, 5.41) is 2.90. The SMILES string of the molecule is CC(=O)O[C@H](C)C(=O)NC(C)(C)CC(C)(C)C. The Hall–Kier alpha value is -1.06. The fourth-order valence-electron chi connectivity index (χ4n) is 2.11. The third-order valence-corrected chi connectivity index (χ3v) is 2.15. The zero-order chi connectivity index (χ0) is 13.9. The van der Waals surface area contributed by atoms with Crippen LogP contribution >= 0.6 is 0 Å². The lowest BCUT2D eigenvalue weighted by atomic mass is 9.81. The van der Waals surface area contributed by atoms with E-state index in [2.05, 4.69) is 26.1 Å². The lowest BCUT2D eigenvalue weighted by molar-refractivity contribution is -0.153. The standard InChI is InChI=1S/C13H25NO3/c1-9(17-10(2)15)11(16)14-13(6,7)8-12(3,4)5/h9H,8H2,1-7H3,(H,14,16)/t9-/m1/s1. The van der Waals surface area contributed by atoms with E-state index in [1.807, 2.05) is 13.8 Å². The van der Waals surface area contributed by atoms with Crippen molar-refractivity contribution in [3.05, 3.63) is 0 Å². The molecular formula is C13H25NO3. The lowest BCUT2D eigenvalue weighted by Crippen LogP contribution is -2.49. The Morgan fingerprint density at radius 3 is 2.00 bits per heavy atom. The van der Waals surface area contributed by atoms with Gasteiger partial charge in [0.15, 0.2) is 6.10 Å². The van der Waals surface area contributed by atoms with Crippen LogP contribution in [0.25, 0.3) is 0 Å². The highest BCUT2D eigenvalue weighted by atomic mass is 16.5. The van der Waals surface area contributed by atoms with E-state index in [4.69, 9.17) is 4.74 Å². The van der Waals surface area contributed by atoms with Crippen LogP contribution in [0.15, 0.2) is 0 Å². The summed E-state index contributed by atoms with van der Waals surface area (Å²) in [6.07, 6.45) is 0.102. The van der Waals surface area contributed by atoms with Crippen LogP contribution in [-0.4, -0.2) is 23.5 Å². The highest BCUT2D eigenvalue weighted by Gasteiger charge is 2.29. The molecule has 0 unspecified atom stereocenters. The maximum absolute atomic E-state index is 11.8. The van der Waals surface area contributed by atoms with Gasteiger partial charge < -0.3 is 10.1 Å². The first-order valence-electron chi connectivity index (χ1n) is 5.92. The monoisotopic (exact) mass is 243 g/mol. The molecule has 1 N–H and O–H groups in total. The van der Waals surface area contributed by atoms with Gasteiger partial charge in [-0.25, -0.2) is 0 Å². The summed E-state index contributed by atoms with van der Waals surface area (Å²) in [5.41, 5.74) is -0.189. The van der Waals surface area contributed by atoms with Gasteiger partial charge in [0.25, 0.3) is 5.91 Å². The minimum atomic E-state index is -0.744. The molecule has 0 saturated carbocycles. The molecule has 1 amide bonds. The van der Waals surface area contributed by atoms with Gasteiger partial charge in [-0.2, -0.15) is 0 Å². The molecule has 4 heteroatoms. The molecule has 0 aromatic heterocycles. The molecule has 0 aromatic rings. The molecule has 0 radical (unpaired) electrons. The Morgan fingerprint density at radius 2 is 1.65 bits per heavy atom. The van der Waals surface area contributed by atoms with Crippen LogP contribution in [0.2, 0.25) is 0 Å². The Bertz CT molecular complexity index is 290. The molecule has 17 heavy (non-hydrogen) atoms. The molecule has 0 rings (SSSR count). The van der Waals surface area contributed by atoms with Gasteiger partial charge >= 0.3 is 5.97 Å². The van der Waals surface area contributed by atoms with Crippen LogP contribution in [0.4, 0.5) is 0 Å². The summed E-state index contributed by atoms with van der Waals surface area (Å²) >= 11 is 0. The average Bonchev–Trinajstić information content (AvgIpc) is 1.95. The third kappa shape index (κ3) is 7.77. The molecule has 0 aliphatic heterocycles. The zero-order valence-corrected chi connectivity index (χ0v) is 12.0. The van der Waals surface area contributed by atoms with Gasteiger partial charge in [0, 0.05) is 12.5 Å². The Morgan fingerprint density at radius 1 is 1.18 bits per heavy atom. The fourth-order valence-corrected chi connectivity index (χ4v) is 2.11. The second-order valence-corrected chi connectivity index (χ2v) is 6.36. The molecule has 0 fully saturated rings. The first kappa shape index (κ1) is 15.9. The fraction of sp³-hybridized carbons (Fsp3) is 0.846. The first-order chi connectivity index (χ1) is 7.43. The largest absolute Gasteiger partial charge is 0.453 e. The van der Waals surface area contributed by atoms with Crippen LogP contribution < -0.4 is 5.32 Å².